The van der Waals surface area contributed by atoms with Crippen LogP contribution in [0.2, 0.25) is 0 Å². The normalized spacial score (nSPS) is 13.1. The minimum atomic E-state index is -0.265. The molecule has 0 saturated carbocycles. The molecule has 0 bridgehead atoms. The van der Waals surface area contributed by atoms with Crippen LogP contribution in [0, 0.1) is 0 Å². The average Bonchev–Trinajstić information content (AvgIpc) is 2.78. The number of benzene rings is 1. The van der Waals surface area contributed by atoms with Crippen molar-refractivity contribution in [3.05, 3.63) is 29.3 Å². The smallest absolute Gasteiger partial charge is 0.218 e. The fourth-order valence-electron chi connectivity index (χ4n) is 1.74. The third-order valence-corrected chi connectivity index (χ3v) is 4.25. The molecule has 0 radical (unpaired) electrons. The number of hydrogen-bond donors (Lipinski definition) is 1. The number of nitrogens with zero attached hydrogens (tertiary/aromatic N) is 2. The number of carbonyl (C=O) groups excluding carboxylic acids is 1. The van der Waals surface area contributed by atoms with E-state index in [0.29, 0.717) is 13.0 Å². The Bertz CT molecular complexity index is 519. The molecule has 0 fully saturated rings. The summed E-state index contributed by atoms with van der Waals surface area (Å²) in [5.41, 5.74) is 6.20. The van der Waals surface area contributed by atoms with E-state index in [4.69, 9.17) is 5.73 Å². The summed E-state index contributed by atoms with van der Waals surface area (Å²) in [6.07, 6.45) is 0.381. The lowest BCUT2D eigenvalue weighted by atomic mass is 10.3. The second-order valence-corrected chi connectivity index (χ2v) is 5.45. The number of aromatic nitrogens is 1. The first kappa shape index (κ1) is 13.0. The van der Waals surface area contributed by atoms with Gasteiger partial charge in [-0.25, -0.2) is 4.98 Å². The fraction of sp³-hybridized carbons (Fsp3) is 0.385. The van der Waals surface area contributed by atoms with Crippen molar-refractivity contribution in [2.24, 2.45) is 5.73 Å². The minimum Gasteiger partial charge on any atom is -0.370 e. The Kier molecular flexibility index (Phi) is 3.93. The van der Waals surface area contributed by atoms with E-state index in [9.17, 15) is 4.79 Å². The van der Waals surface area contributed by atoms with Crippen molar-refractivity contribution in [1.82, 2.24) is 9.88 Å². The van der Waals surface area contributed by atoms with Gasteiger partial charge < -0.3 is 5.73 Å². The number of fused-ring (bicyclic) bond motifs is 1. The summed E-state index contributed by atoms with van der Waals surface area (Å²) < 4.78 is 1.20. The van der Waals surface area contributed by atoms with Crippen molar-refractivity contribution in [2.75, 3.05) is 13.6 Å². The number of primary amides is 1. The van der Waals surface area contributed by atoms with Crippen LogP contribution in [0.15, 0.2) is 24.3 Å². The van der Waals surface area contributed by atoms with Gasteiger partial charge in [-0.05, 0) is 26.1 Å². The molecular formula is C13H17N3OS. The first-order valence-electron chi connectivity index (χ1n) is 5.92. The standard InChI is InChI=1S/C13H17N3OS/c1-9(16(2)8-7-12(14)17)13-15-10-5-3-4-6-11(10)18-13/h3-6,9H,7-8H2,1-2H3,(H2,14,17)/t9-/m1/s1. The number of hydrogen-bond acceptors (Lipinski definition) is 4. The van der Waals surface area contributed by atoms with Gasteiger partial charge in [-0.1, -0.05) is 12.1 Å². The number of para-hydroxylation sites is 1. The van der Waals surface area contributed by atoms with E-state index in [1.54, 1.807) is 11.3 Å². The molecule has 4 nitrogen and oxygen atoms in total. The third-order valence-electron chi connectivity index (χ3n) is 3.04. The van der Waals surface area contributed by atoms with Crippen LogP contribution in [-0.2, 0) is 4.79 Å². The maximum atomic E-state index is 10.8. The van der Waals surface area contributed by atoms with Crippen molar-refractivity contribution in [3.63, 3.8) is 0 Å². The van der Waals surface area contributed by atoms with Gasteiger partial charge in [0.15, 0.2) is 0 Å². The molecule has 1 heterocycles. The molecule has 0 unspecified atom stereocenters. The molecule has 2 rings (SSSR count). The summed E-state index contributed by atoms with van der Waals surface area (Å²) in [6, 6.07) is 8.30. The van der Waals surface area contributed by atoms with Gasteiger partial charge in [0.2, 0.25) is 5.91 Å². The van der Waals surface area contributed by atoms with E-state index in [2.05, 4.69) is 22.9 Å². The van der Waals surface area contributed by atoms with Gasteiger partial charge in [0.1, 0.15) is 5.01 Å². The van der Waals surface area contributed by atoms with Gasteiger partial charge in [0, 0.05) is 13.0 Å². The Hall–Kier alpha value is -1.46. The molecule has 1 aromatic carbocycles. The van der Waals surface area contributed by atoms with Crippen molar-refractivity contribution >= 4 is 27.5 Å². The quantitative estimate of drug-likeness (QED) is 0.899. The van der Waals surface area contributed by atoms with E-state index in [1.165, 1.54) is 4.70 Å². The molecule has 96 valence electrons. The second-order valence-electron chi connectivity index (χ2n) is 4.39. The molecule has 0 spiro atoms. The predicted octanol–water partition coefficient (Wildman–Crippen LogP) is 2.16. The van der Waals surface area contributed by atoms with E-state index < -0.39 is 0 Å². The monoisotopic (exact) mass is 263 g/mol. The SMILES string of the molecule is C[C@H](c1nc2ccccc2s1)N(C)CCC(N)=O. The zero-order valence-corrected chi connectivity index (χ0v) is 11.4. The van der Waals surface area contributed by atoms with Crippen LogP contribution < -0.4 is 5.73 Å². The largest absolute Gasteiger partial charge is 0.370 e. The van der Waals surface area contributed by atoms with Crippen LogP contribution in [0.3, 0.4) is 0 Å². The van der Waals surface area contributed by atoms with E-state index in [1.807, 2.05) is 25.2 Å². The van der Waals surface area contributed by atoms with Gasteiger partial charge in [-0.2, -0.15) is 0 Å². The molecule has 2 N–H and O–H groups in total. The summed E-state index contributed by atoms with van der Waals surface area (Å²) in [7, 11) is 1.99. The van der Waals surface area contributed by atoms with Crippen molar-refractivity contribution in [3.8, 4) is 0 Å². The molecule has 1 atom stereocenters. The molecule has 2 aromatic rings. The summed E-state index contributed by atoms with van der Waals surface area (Å²) in [5, 5.41) is 1.07. The summed E-state index contributed by atoms with van der Waals surface area (Å²) in [4.78, 5) is 17.5. The van der Waals surface area contributed by atoms with Gasteiger partial charge in [-0.15, -0.1) is 11.3 Å². The number of carbonyl (C=O) groups is 1. The van der Waals surface area contributed by atoms with E-state index in [-0.39, 0.29) is 11.9 Å². The lowest BCUT2D eigenvalue weighted by Crippen LogP contribution is -2.27. The van der Waals surface area contributed by atoms with Crippen molar-refractivity contribution in [1.29, 1.82) is 0 Å². The summed E-state index contributed by atoms with van der Waals surface area (Å²) >= 11 is 1.70. The number of thiazole rings is 1. The van der Waals surface area contributed by atoms with Crippen molar-refractivity contribution < 1.29 is 4.79 Å². The molecule has 18 heavy (non-hydrogen) atoms. The Morgan fingerprint density at radius 3 is 2.89 bits per heavy atom. The first-order valence-corrected chi connectivity index (χ1v) is 6.73. The number of amides is 1. The van der Waals surface area contributed by atoms with Crippen molar-refractivity contribution in [2.45, 2.75) is 19.4 Å². The van der Waals surface area contributed by atoms with Gasteiger partial charge in [-0.3, -0.25) is 9.69 Å². The van der Waals surface area contributed by atoms with Gasteiger partial charge in [0.05, 0.1) is 16.3 Å². The lowest BCUT2D eigenvalue weighted by molar-refractivity contribution is -0.118. The van der Waals surface area contributed by atoms with Gasteiger partial charge >= 0.3 is 0 Å². The maximum absolute atomic E-state index is 10.8. The van der Waals surface area contributed by atoms with Crippen LogP contribution in [0.25, 0.3) is 10.2 Å². The highest BCUT2D eigenvalue weighted by Gasteiger charge is 2.16. The minimum absolute atomic E-state index is 0.196. The van der Waals surface area contributed by atoms with E-state index >= 15 is 0 Å². The van der Waals surface area contributed by atoms with Gasteiger partial charge in [0.25, 0.3) is 0 Å². The molecule has 0 saturated heterocycles. The molecule has 0 aliphatic heterocycles. The average molecular weight is 263 g/mol. The van der Waals surface area contributed by atoms with Crippen LogP contribution in [0.1, 0.15) is 24.4 Å². The second kappa shape index (κ2) is 5.46. The fourth-order valence-corrected chi connectivity index (χ4v) is 2.82. The number of nitrogens with two attached hydrogens (primary N) is 1. The topological polar surface area (TPSA) is 59.2 Å². The molecule has 1 aromatic heterocycles. The lowest BCUT2D eigenvalue weighted by Gasteiger charge is -2.21. The molecule has 5 heteroatoms. The van der Waals surface area contributed by atoms with E-state index in [0.717, 1.165) is 10.5 Å². The molecule has 1 amide bonds. The number of rotatable bonds is 5. The first-order chi connectivity index (χ1) is 8.58. The summed E-state index contributed by atoms with van der Waals surface area (Å²) in [5.74, 6) is -0.265. The van der Waals surface area contributed by atoms with Crippen LogP contribution in [0.5, 0.6) is 0 Å². The zero-order chi connectivity index (χ0) is 13.1. The Morgan fingerprint density at radius 1 is 1.50 bits per heavy atom. The Balaban J connectivity index is 2.12. The predicted molar refractivity (Wildman–Crippen MR) is 74.5 cm³/mol. The maximum Gasteiger partial charge on any atom is 0.218 e. The highest BCUT2D eigenvalue weighted by atomic mass is 32.1. The van der Waals surface area contributed by atoms with Crippen LogP contribution in [0.4, 0.5) is 0 Å². The molecule has 0 aliphatic rings. The van der Waals surface area contributed by atoms with Crippen LogP contribution >= 0.6 is 11.3 Å². The highest BCUT2D eigenvalue weighted by molar-refractivity contribution is 7.18. The van der Waals surface area contributed by atoms with Crippen LogP contribution in [-0.4, -0.2) is 29.4 Å². The molecule has 0 aliphatic carbocycles. The summed E-state index contributed by atoms with van der Waals surface area (Å²) in [6.45, 7) is 2.76. The molecular weight excluding hydrogens is 246 g/mol. The third kappa shape index (κ3) is 2.86. The Labute approximate surface area is 110 Å². The zero-order valence-electron chi connectivity index (χ0n) is 10.6. The highest BCUT2D eigenvalue weighted by Crippen LogP contribution is 2.28. The Morgan fingerprint density at radius 2 is 2.22 bits per heavy atom.